The maximum absolute atomic E-state index is 6.18. The predicted molar refractivity (Wildman–Crippen MR) is 138 cm³/mol. The van der Waals surface area contributed by atoms with Gasteiger partial charge in [0.1, 0.15) is 28.7 Å². The van der Waals surface area contributed by atoms with Crippen LogP contribution in [0.1, 0.15) is 27.9 Å². The number of aromatic nitrogens is 2. The molecular formula is C28H30ClN3O. The molecule has 3 aromatic carbocycles. The summed E-state index contributed by atoms with van der Waals surface area (Å²) < 4.78 is 5.84. The highest BCUT2D eigenvalue weighted by molar-refractivity contribution is 6.33. The van der Waals surface area contributed by atoms with Crippen molar-refractivity contribution in [3.8, 4) is 11.5 Å². The number of ether oxygens (including phenoxy) is 1. The molecule has 0 aliphatic carbocycles. The number of benzene rings is 3. The van der Waals surface area contributed by atoms with E-state index in [9.17, 15) is 0 Å². The normalized spacial score (nSPS) is 10.2. The van der Waals surface area contributed by atoms with Gasteiger partial charge in [0.25, 0.3) is 0 Å². The Morgan fingerprint density at radius 3 is 1.73 bits per heavy atom. The number of nitrogens with one attached hydrogen (secondary N) is 1. The number of anilines is 1. The summed E-state index contributed by atoms with van der Waals surface area (Å²) in [6.07, 6.45) is 2.38. The summed E-state index contributed by atoms with van der Waals surface area (Å²) in [5, 5.41) is 3.82. The Labute approximate surface area is 201 Å². The summed E-state index contributed by atoms with van der Waals surface area (Å²) in [5.74, 6) is 2.34. The molecule has 1 aromatic heterocycles. The van der Waals surface area contributed by atoms with Gasteiger partial charge in [-0.1, -0.05) is 76.8 Å². The monoisotopic (exact) mass is 459 g/mol. The number of aryl methyl sites for hydroxylation is 4. The van der Waals surface area contributed by atoms with E-state index in [0.717, 1.165) is 30.2 Å². The van der Waals surface area contributed by atoms with Crippen LogP contribution in [0.2, 0.25) is 5.02 Å². The van der Waals surface area contributed by atoms with Crippen LogP contribution < -0.4 is 10.1 Å². The first kappa shape index (κ1) is 24.3. The number of nitrogens with zero attached hydrogens (tertiary/aromatic N) is 2. The molecule has 5 heteroatoms. The number of hydrogen-bond donors (Lipinski definition) is 1. The SMILES string of the molecule is Cc1ccc(C)cc1.Cc1ccc(Oc2ccc(CCNc3ncnc(C)c3Cl)cc2)cc1. The lowest BCUT2D eigenvalue weighted by molar-refractivity contribution is 0.482. The van der Waals surface area contributed by atoms with Gasteiger partial charge >= 0.3 is 0 Å². The smallest absolute Gasteiger partial charge is 0.148 e. The van der Waals surface area contributed by atoms with Gasteiger partial charge in [-0.25, -0.2) is 9.97 Å². The first-order chi connectivity index (χ1) is 15.9. The molecule has 0 radical (unpaired) electrons. The van der Waals surface area contributed by atoms with Crippen molar-refractivity contribution in [1.82, 2.24) is 9.97 Å². The van der Waals surface area contributed by atoms with Gasteiger partial charge in [-0.3, -0.25) is 0 Å². The second-order valence-corrected chi connectivity index (χ2v) is 8.39. The van der Waals surface area contributed by atoms with Crippen molar-refractivity contribution < 1.29 is 4.74 Å². The lowest BCUT2D eigenvalue weighted by atomic mass is 10.1. The Morgan fingerprint density at radius 1 is 0.697 bits per heavy atom. The molecule has 4 rings (SSSR count). The summed E-state index contributed by atoms with van der Waals surface area (Å²) in [6, 6.07) is 24.6. The minimum absolute atomic E-state index is 0.573. The van der Waals surface area contributed by atoms with Gasteiger partial charge in [-0.2, -0.15) is 0 Å². The zero-order chi connectivity index (χ0) is 23.6. The molecule has 0 aliphatic rings. The highest BCUT2D eigenvalue weighted by Crippen LogP contribution is 2.23. The molecule has 1 heterocycles. The average molecular weight is 460 g/mol. The third-order valence-electron chi connectivity index (χ3n) is 5.07. The zero-order valence-electron chi connectivity index (χ0n) is 19.6. The van der Waals surface area contributed by atoms with Crippen molar-refractivity contribution in [3.05, 3.63) is 112 Å². The van der Waals surface area contributed by atoms with E-state index in [1.165, 1.54) is 28.6 Å². The third kappa shape index (κ3) is 7.92. The van der Waals surface area contributed by atoms with Gasteiger partial charge in [0.15, 0.2) is 0 Å². The standard InChI is InChI=1S/C20H20ClN3O.C8H10/c1-14-3-7-17(8-4-14)25-18-9-5-16(6-10-18)11-12-22-20-19(21)15(2)23-13-24-20;1-7-3-5-8(2)6-4-7/h3-10,13H,11-12H2,1-2H3,(H,22,23,24);3-6H,1-2H3. The fraction of sp³-hybridized carbons (Fsp3) is 0.214. The molecule has 0 amide bonds. The van der Waals surface area contributed by atoms with Gasteiger partial charge in [0.05, 0.1) is 5.69 Å². The van der Waals surface area contributed by atoms with Crippen LogP contribution in [-0.4, -0.2) is 16.5 Å². The molecule has 33 heavy (non-hydrogen) atoms. The minimum Gasteiger partial charge on any atom is -0.457 e. The van der Waals surface area contributed by atoms with Crippen LogP contribution in [-0.2, 0) is 6.42 Å². The van der Waals surface area contributed by atoms with Crippen molar-refractivity contribution in [2.45, 2.75) is 34.1 Å². The molecule has 4 nitrogen and oxygen atoms in total. The second kappa shape index (κ2) is 12.0. The summed E-state index contributed by atoms with van der Waals surface area (Å²) in [4.78, 5) is 8.22. The lowest BCUT2D eigenvalue weighted by Crippen LogP contribution is -2.07. The fourth-order valence-corrected chi connectivity index (χ4v) is 3.17. The molecule has 0 spiro atoms. The van der Waals surface area contributed by atoms with E-state index in [-0.39, 0.29) is 0 Å². The molecule has 0 saturated heterocycles. The largest absolute Gasteiger partial charge is 0.457 e. The van der Waals surface area contributed by atoms with Crippen LogP contribution >= 0.6 is 11.6 Å². The van der Waals surface area contributed by atoms with E-state index in [1.807, 2.05) is 43.3 Å². The Hall–Kier alpha value is -3.37. The average Bonchev–Trinajstić information content (AvgIpc) is 2.82. The Bertz CT molecular complexity index is 1120. The highest BCUT2D eigenvalue weighted by Gasteiger charge is 2.05. The summed E-state index contributed by atoms with van der Waals surface area (Å²) in [6.45, 7) is 8.86. The van der Waals surface area contributed by atoms with Crippen molar-refractivity contribution in [3.63, 3.8) is 0 Å². The van der Waals surface area contributed by atoms with Crippen molar-refractivity contribution in [1.29, 1.82) is 0 Å². The molecule has 0 saturated carbocycles. The van der Waals surface area contributed by atoms with Crippen molar-refractivity contribution in [2.24, 2.45) is 0 Å². The zero-order valence-corrected chi connectivity index (χ0v) is 20.4. The molecule has 0 fully saturated rings. The molecular weight excluding hydrogens is 430 g/mol. The van der Waals surface area contributed by atoms with E-state index in [4.69, 9.17) is 16.3 Å². The van der Waals surface area contributed by atoms with Crippen molar-refractivity contribution in [2.75, 3.05) is 11.9 Å². The van der Waals surface area contributed by atoms with Crippen LogP contribution in [0.4, 0.5) is 5.82 Å². The summed E-state index contributed by atoms with van der Waals surface area (Å²) in [7, 11) is 0. The van der Waals surface area contributed by atoms with Crippen LogP contribution in [0.25, 0.3) is 0 Å². The molecule has 1 N–H and O–H groups in total. The molecule has 0 atom stereocenters. The van der Waals surface area contributed by atoms with Crippen LogP contribution in [0.15, 0.2) is 79.1 Å². The Balaban J connectivity index is 0.000000323. The maximum atomic E-state index is 6.18. The van der Waals surface area contributed by atoms with Gasteiger partial charge in [0.2, 0.25) is 0 Å². The summed E-state index contributed by atoms with van der Waals surface area (Å²) >= 11 is 6.18. The summed E-state index contributed by atoms with van der Waals surface area (Å²) in [5.41, 5.74) is 5.86. The van der Waals surface area contributed by atoms with E-state index in [2.05, 4.69) is 72.5 Å². The van der Waals surface area contributed by atoms with Gasteiger partial charge in [-0.15, -0.1) is 0 Å². The predicted octanol–water partition coefficient (Wildman–Crippen LogP) is 7.50. The van der Waals surface area contributed by atoms with E-state index < -0.39 is 0 Å². The topological polar surface area (TPSA) is 47.0 Å². The number of rotatable bonds is 6. The maximum Gasteiger partial charge on any atom is 0.148 e. The quantitative estimate of drug-likeness (QED) is 0.324. The van der Waals surface area contributed by atoms with Crippen LogP contribution in [0, 0.1) is 27.7 Å². The van der Waals surface area contributed by atoms with Gasteiger partial charge in [0, 0.05) is 6.54 Å². The van der Waals surface area contributed by atoms with E-state index in [1.54, 1.807) is 0 Å². The molecule has 170 valence electrons. The Morgan fingerprint density at radius 2 is 1.18 bits per heavy atom. The number of hydrogen-bond acceptors (Lipinski definition) is 4. The number of halogens is 1. The van der Waals surface area contributed by atoms with Crippen molar-refractivity contribution >= 4 is 17.4 Å². The molecule has 0 aliphatic heterocycles. The molecule has 0 bridgehead atoms. The molecule has 4 aromatic rings. The van der Waals surface area contributed by atoms with E-state index >= 15 is 0 Å². The van der Waals surface area contributed by atoms with Crippen LogP contribution in [0.3, 0.4) is 0 Å². The first-order valence-electron chi connectivity index (χ1n) is 11.0. The second-order valence-electron chi connectivity index (χ2n) is 8.01. The van der Waals surface area contributed by atoms with Gasteiger partial charge in [-0.05, 0) is 63.9 Å². The highest BCUT2D eigenvalue weighted by atomic mass is 35.5. The first-order valence-corrected chi connectivity index (χ1v) is 11.4. The van der Waals surface area contributed by atoms with Crippen LogP contribution in [0.5, 0.6) is 11.5 Å². The third-order valence-corrected chi connectivity index (χ3v) is 5.52. The Kier molecular flexibility index (Phi) is 8.85. The lowest BCUT2D eigenvalue weighted by Gasteiger charge is -2.09. The minimum atomic E-state index is 0.573. The van der Waals surface area contributed by atoms with Gasteiger partial charge < -0.3 is 10.1 Å². The molecule has 0 unspecified atom stereocenters. The van der Waals surface area contributed by atoms with E-state index in [0.29, 0.717) is 10.8 Å². The fourth-order valence-electron chi connectivity index (χ4n) is 3.01.